The van der Waals surface area contributed by atoms with E-state index in [9.17, 15) is 19.2 Å². The van der Waals surface area contributed by atoms with E-state index < -0.39 is 17.7 Å². The minimum Gasteiger partial charge on any atom is -0.372 e. The number of nitrogens with zero attached hydrogens (tertiary/aromatic N) is 2. The molecule has 8 nitrogen and oxygen atoms in total. The summed E-state index contributed by atoms with van der Waals surface area (Å²) in [4.78, 5) is 52.4. The highest BCUT2D eigenvalue weighted by Gasteiger charge is 2.30. The van der Waals surface area contributed by atoms with Gasteiger partial charge >= 0.3 is 0 Å². The van der Waals surface area contributed by atoms with Crippen molar-refractivity contribution in [1.29, 1.82) is 0 Å². The molecule has 8 heteroatoms. The van der Waals surface area contributed by atoms with Gasteiger partial charge in [0.2, 0.25) is 11.8 Å². The summed E-state index contributed by atoms with van der Waals surface area (Å²) in [7, 11) is 0. The number of amides is 4. The molecule has 0 saturated carbocycles. The second-order valence-corrected chi connectivity index (χ2v) is 7.16. The van der Waals surface area contributed by atoms with Crippen molar-refractivity contribution in [3.63, 3.8) is 0 Å². The van der Waals surface area contributed by atoms with E-state index in [1.54, 1.807) is 36.4 Å². The summed E-state index contributed by atoms with van der Waals surface area (Å²) in [5, 5.41) is 0. The molecule has 3 rings (SSSR count). The maximum absolute atomic E-state index is 12.5. The van der Waals surface area contributed by atoms with Gasteiger partial charge in [0.25, 0.3) is 11.8 Å². The van der Waals surface area contributed by atoms with Crippen LogP contribution in [0.15, 0.2) is 48.5 Å². The zero-order chi connectivity index (χ0) is 22.4. The topological polar surface area (TPSA) is 98.8 Å². The lowest BCUT2D eigenvalue weighted by Gasteiger charge is -2.26. The Morgan fingerprint density at radius 3 is 2.32 bits per heavy atom. The van der Waals surface area contributed by atoms with Crippen molar-refractivity contribution in [2.24, 2.45) is 0 Å². The van der Waals surface area contributed by atoms with Gasteiger partial charge in [0.1, 0.15) is 0 Å². The van der Waals surface area contributed by atoms with Crippen molar-refractivity contribution >= 4 is 29.3 Å². The van der Waals surface area contributed by atoms with Crippen LogP contribution in [0.5, 0.6) is 0 Å². The van der Waals surface area contributed by atoms with Gasteiger partial charge in [-0.3, -0.25) is 34.9 Å². The van der Waals surface area contributed by atoms with Gasteiger partial charge in [-0.15, -0.1) is 0 Å². The van der Waals surface area contributed by atoms with Crippen LogP contribution in [-0.4, -0.2) is 48.2 Å². The number of hydrogen-bond donors (Lipinski definition) is 2. The first kappa shape index (κ1) is 22.0. The summed E-state index contributed by atoms with van der Waals surface area (Å²) in [5.74, 6) is -1.68. The van der Waals surface area contributed by atoms with Gasteiger partial charge in [-0.05, 0) is 49.7 Å². The van der Waals surface area contributed by atoms with E-state index in [-0.39, 0.29) is 25.3 Å². The van der Waals surface area contributed by atoms with Gasteiger partial charge in [0.15, 0.2) is 0 Å². The molecule has 1 aliphatic heterocycles. The van der Waals surface area contributed by atoms with Crippen LogP contribution in [-0.2, 0) is 16.0 Å². The Bertz CT molecular complexity index is 983. The summed E-state index contributed by atoms with van der Waals surface area (Å²) in [5.41, 5.74) is 7.29. The fourth-order valence-corrected chi connectivity index (χ4v) is 3.51. The number of fused-ring (bicyclic) bond motifs is 1. The molecular weight excluding hydrogens is 396 g/mol. The monoisotopic (exact) mass is 422 g/mol. The smallest absolute Gasteiger partial charge is 0.269 e. The number of carbonyl (C=O) groups is 4. The molecule has 2 N–H and O–H groups in total. The minimum atomic E-state index is -0.493. The molecule has 0 fully saturated rings. The fraction of sp³-hybridized carbons (Fsp3) is 0.304. The van der Waals surface area contributed by atoms with Gasteiger partial charge < -0.3 is 4.90 Å². The van der Waals surface area contributed by atoms with Crippen molar-refractivity contribution in [2.75, 3.05) is 24.5 Å². The second-order valence-electron chi connectivity index (χ2n) is 7.16. The Morgan fingerprint density at radius 1 is 0.968 bits per heavy atom. The van der Waals surface area contributed by atoms with Crippen LogP contribution in [0.3, 0.4) is 0 Å². The molecule has 0 spiro atoms. The van der Waals surface area contributed by atoms with Crippen LogP contribution < -0.4 is 15.8 Å². The van der Waals surface area contributed by atoms with Crippen LogP contribution in [0, 0.1) is 0 Å². The highest BCUT2D eigenvalue weighted by molar-refractivity contribution is 6.09. The minimum absolute atomic E-state index is 0.0493. The lowest BCUT2D eigenvalue weighted by molar-refractivity contribution is -0.129. The van der Waals surface area contributed by atoms with Crippen LogP contribution in [0.25, 0.3) is 0 Å². The van der Waals surface area contributed by atoms with Gasteiger partial charge in [-0.1, -0.05) is 18.2 Å². The number of carbonyl (C=O) groups excluding carboxylic acids is 4. The number of anilines is 1. The summed E-state index contributed by atoms with van der Waals surface area (Å²) < 4.78 is 0. The second kappa shape index (κ2) is 9.88. The Kier molecular flexibility index (Phi) is 7.02. The predicted octanol–water partition coefficient (Wildman–Crippen LogP) is 1.91. The van der Waals surface area contributed by atoms with Crippen molar-refractivity contribution in [2.45, 2.75) is 26.7 Å². The number of rotatable bonds is 7. The molecular formula is C23H26N4O4. The molecule has 2 aromatic rings. The summed E-state index contributed by atoms with van der Waals surface area (Å²) in [6.45, 7) is 5.80. The molecule has 0 saturated heterocycles. The fourth-order valence-electron chi connectivity index (χ4n) is 3.51. The molecule has 0 aliphatic carbocycles. The molecule has 4 amide bonds. The molecule has 0 radical (unpaired) electrons. The average Bonchev–Trinajstić information content (AvgIpc) is 2.78. The lowest BCUT2D eigenvalue weighted by Crippen LogP contribution is -2.46. The Labute approximate surface area is 181 Å². The molecule has 1 heterocycles. The summed E-state index contributed by atoms with van der Waals surface area (Å²) in [6, 6.07) is 14.0. The van der Waals surface area contributed by atoms with Gasteiger partial charge in [-0.25, -0.2) is 0 Å². The highest BCUT2D eigenvalue weighted by atomic mass is 16.2. The van der Waals surface area contributed by atoms with Gasteiger partial charge in [-0.2, -0.15) is 0 Å². The number of imide groups is 1. The maximum atomic E-state index is 12.5. The molecule has 1 aliphatic rings. The first-order valence-electron chi connectivity index (χ1n) is 10.3. The molecule has 0 bridgehead atoms. The highest BCUT2D eigenvalue weighted by Crippen LogP contribution is 2.19. The van der Waals surface area contributed by atoms with E-state index in [0.717, 1.165) is 23.7 Å². The largest absolute Gasteiger partial charge is 0.372 e. The van der Waals surface area contributed by atoms with Crippen molar-refractivity contribution < 1.29 is 19.2 Å². The van der Waals surface area contributed by atoms with E-state index in [2.05, 4.69) is 29.6 Å². The van der Waals surface area contributed by atoms with Gasteiger partial charge in [0.05, 0.1) is 6.42 Å². The third-order valence-corrected chi connectivity index (χ3v) is 5.27. The standard InChI is InChI=1S/C23H26N4O4/c1-3-26(4-2)18-11-9-16(10-12-18)22(30)25-24-20(28)13-14-27-21(29)15-17-7-5-6-8-19(17)23(27)31/h5-12H,3-4,13-15H2,1-2H3,(H,24,28)(H,25,30). The number of hydrazine groups is 1. The normalized spacial score (nSPS) is 12.9. The molecule has 0 unspecified atom stereocenters. The Morgan fingerprint density at radius 2 is 1.65 bits per heavy atom. The Balaban J connectivity index is 1.50. The Hall–Kier alpha value is -3.68. The maximum Gasteiger partial charge on any atom is 0.269 e. The quantitative estimate of drug-likeness (QED) is 0.525. The van der Waals surface area contributed by atoms with E-state index in [0.29, 0.717) is 16.7 Å². The predicted molar refractivity (Wildman–Crippen MR) is 116 cm³/mol. The lowest BCUT2D eigenvalue weighted by atomic mass is 9.98. The van der Waals surface area contributed by atoms with E-state index in [1.807, 2.05) is 12.1 Å². The molecule has 2 aromatic carbocycles. The number of hydrogen-bond acceptors (Lipinski definition) is 5. The molecule has 31 heavy (non-hydrogen) atoms. The summed E-state index contributed by atoms with van der Waals surface area (Å²) >= 11 is 0. The summed E-state index contributed by atoms with van der Waals surface area (Å²) in [6.07, 6.45) is 0.0184. The van der Waals surface area contributed by atoms with Crippen LogP contribution in [0.1, 0.15) is 46.5 Å². The number of nitrogens with one attached hydrogen (secondary N) is 2. The van der Waals surface area contributed by atoms with Crippen LogP contribution in [0.4, 0.5) is 5.69 Å². The third kappa shape index (κ3) is 5.09. The van der Waals surface area contributed by atoms with Crippen LogP contribution >= 0.6 is 0 Å². The van der Waals surface area contributed by atoms with E-state index in [1.165, 1.54) is 0 Å². The van der Waals surface area contributed by atoms with Crippen LogP contribution in [0.2, 0.25) is 0 Å². The average molecular weight is 422 g/mol. The van der Waals surface area contributed by atoms with Crippen molar-refractivity contribution in [1.82, 2.24) is 15.8 Å². The third-order valence-electron chi connectivity index (χ3n) is 5.27. The first-order valence-corrected chi connectivity index (χ1v) is 10.3. The molecule has 0 atom stereocenters. The SMILES string of the molecule is CCN(CC)c1ccc(C(=O)NNC(=O)CCN2C(=O)Cc3ccccc3C2=O)cc1. The van der Waals surface area contributed by atoms with Gasteiger partial charge in [0, 0.05) is 42.9 Å². The number of benzene rings is 2. The van der Waals surface area contributed by atoms with Crippen molar-refractivity contribution in [3.8, 4) is 0 Å². The molecule has 0 aromatic heterocycles. The zero-order valence-electron chi connectivity index (χ0n) is 17.7. The molecule has 162 valence electrons. The van der Waals surface area contributed by atoms with Crippen molar-refractivity contribution in [3.05, 3.63) is 65.2 Å². The zero-order valence-corrected chi connectivity index (χ0v) is 17.7. The van der Waals surface area contributed by atoms with E-state index >= 15 is 0 Å². The first-order chi connectivity index (χ1) is 14.9. The van der Waals surface area contributed by atoms with E-state index in [4.69, 9.17) is 0 Å².